The largest absolute Gasteiger partial charge is 0.481 e. The summed E-state index contributed by atoms with van der Waals surface area (Å²) in [6.07, 6.45) is 5.42. The number of benzene rings is 2. The highest BCUT2D eigenvalue weighted by Gasteiger charge is 2.17. The third-order valence-corrected chi connectivity index (χ3v) is 5.18. The number of halogens is 2. The van der Waals surface area contributed by atoms with Crippen LogP contribution in [0.1, 0.15) is 49.1 Å². The van der Waals surface area contributed by atoms with Gasteiger partial charge in [-0.1, -0.05) is 61.9 Å². The van der Waals surface area contributed by atoms with Gasteiger partial charge in [0.15, 0.2) is 0 Å². The number of allylic oxidation sites excluding steroid dienone is 1. The molecule has 2 aromatic carbocycles. The van der Waals surface area contributed by atoms with Crippen molar-refractivity contribution in [1.29, 1.82) is 0 Å². The first kappa shape index (κ1) is 27.6. The van der Waals surface area contributed by atoms with E-state index in [0.29, 0.717) is 18.9 Å². The SMILES string of the molecule is Cc1ccc(-c2c(CN)c(CC(C)C)nc3ccc(/C=C\CCC(=O)O)cc23)cc1.Cl.Cl. The third-order valence-electron chi connectivity index (χ3n) is 5.18. The maximum Gasteiger partial charge on any atom is 0.303 e. The van der Waals surface area contributed by atoms with Crippen LogP contribution in [-0.4, -0.2) is 16.1 Å². The number of fused-ring (bicyclic) bond motifs is 1. The van der Waals surface area contributed by atoms with Crippen molar-refractivity contribution in [2.24, 2.45) is 11.7 Å². The highest BCUT2D eigenvalue weighted by Crippen LogP contribution is 2.35. The maximum absolute atomic E-state index is 10.7. The molecule has 1 heterocycles. The van der Waals surface area contributed by atoms with Gasteiger partial charge in [0, 0.05) is 24.0 Å². The molecule has 0 bridgehead atoms. The molecule has 0 radical (unpaired) electrons. The highest BCUT2D eigenvalue weighted by atomic mass is 35.5. The summed E-state index contributed by atoms with van der Waals surface area (Å²) >= 11 is 0. The van der Waals surface area contributed by atoms with Crippen LogP contribution in [0, 0.1) is 12.8 Å². The maximum atomic E-state index is 10.7. The zero-order valence-electron chi connectivity index (χ0n) is 18.8. The molecule has 0 aliphatic carbocycles. The Morgan fingerprint density at radius 2 is 1.81 bits per heavy atom. The third kappa shape index (κ3) is 6.80. The molecule has 6 heteroatoms. The van der Waals surface area contributed by atoms with Crippen molar-refractivity contribution >= 4 is 47.8 Å². The Morgan fingerprint density at radius 3 is 2.41 bits per heavy atom. The number of hydrogen-bond donors (Lipinski definition) is 2. The summed E-state index contributed by atoms with van der Waals surface area (Å²) < 4.78 is 0. The Morgan fingerprint density at radius 1 is 1.12 bits per heavy atom. The molecule has 4 nitrogen and oxygen atoms in total. The minimum absolute atomic E-state index is 0. The van der Waals surface area contributed by atoms with Gasteiger partial charge in [-0.3, -0.25) is 9.78 Å². The lowest BCUT2D eigenvalue weighted by atomic mass is 9.90. The van der Waals surface area contributed by atoms with Gasteiger partial charge in [0.25, 0.3) is 0 Å². The topological polar surface area (TPSA) is 76.2 Å². The molecule has 32 heavy (non-hydrogen) atoms. The molecule has 0 aliphatic heterocycles. The number of carbonyl (C=O) groups is 1. The summed E-state index contributed by atoms with van der Waals surface area (Å²) in [6, 6.07) is 14.8. The van der Waals surface area contributed by atoms with Crippen LogP contribution in [0.3, 0.4) is 0 Å². The van der Waals surface area contributed by atoms with E-state index >= 15 is 0 Å². The fourth-order valence-corrected chi connectivity index (χ4v) is 3.73. The number of rotatable bonds is 8. The molecule has 3 rings (SSSR count). The Bertz CT molecular complexity index is 1080. The average molecular weight is 475 g/mol. The number of carboxylic acids is 1. The normalized spacial score (nSPS) is 10.9. The summed E-state index contributed by atoms with van der Waals surface area (Å²) in [7, 11) is 0. The number of aliphatic carboxylic acids is 1. The van der Waals surface area contributed by atoms with Gasteiger partial charge in [-0.15, -0.1) is 24.8 Å². The number of carboxylic acid groups (broad SMARTS) is 1. The average Bonchev–Trinajstić information content (AvgIpc) is 2.70. The molecule has 0 saturated carbocycles. The minimum atomic E-state index is -0.783. The lowest BCUT2D eigenvalue weighted by molar-refractivity contribution is -0.136. The van der Waals surface area contributed by atoms with Crippen LogP contribution in [-0.2, 0) is 17.8 Å². The minimum Gasteiger partial charge on any atom is -0.481 e. The van der Waals surface area contributed by atoms with Gasteiger partial charge in [0.05, 0.1) is 5.52 Å². The fourth-order valence-electron chi connectivity index (χ4n) is 3.73. The quantitative estimate of drug-likeness (QED) is 0.385. The molecule has 0 unspecified atom stereocenters. The van der Waals surface area contributed by atoms with Crippen molar-refractivity contribution in [3.05, 3.63) is 70.9 Å². The number of nitrogens with zero attached hydrogens (tertiary/aromatic N) is 1. The first-order valence-corrected chi connectivity index (χ1v) is 10.5. The van der Waals surface area contributed by atoms with Gasteiger partial charge in [-0.05, 0) is 60.1 Å². The van der Waals surface area contributed by atoms with E-state index in [1.165, 1.54) is 5.56 Å². The second kappa shape index (κ2) is 12.6. The number of aromatic nitrogens is 1. The Hall–Kier alpha value is -2.40. The second-order valence-corrected chi connectivity index (χ2v) is 8.19. The predicted octanol–water partition coefficient (Wildman–Crippen LogP) is 6.59. The van der Waals surface area contributed by atoms with Crippen LogP contribution >= 0.6 is 24.8 Å². The Kier molecular flexibility index (Phi) is 10.9. The lowest BCUT2D eigenvalue weighted by Crippen LogP contribution is -2.10. The molecule has 3 aromatic rings. The van der Waals surface area contributed by atoms with E-state index < -0.39 is 5.97 Å². The van der Waals surface area contributed by atoms with Crippen LogP contribution < -0.4 is 5.73 Å². The van der Waals surface area contributed by atoms with E-state index in [0.717, 1.165) is 45.3 Å². The van der Waals surface area contributed by atoms with Gasteiger partial charge in [0.1, 0.15) is 0 Å². The summed E-state index contributed by atoms with van der Waals surface area (Å²) in [4.78, 5) is 15.7. The molecule has 1 aromatic heterocycles. The summed E-state index contributed by atoms with van der Waals surface area (Å²) in [5, 5.41) is 9.90. The van der Waals surface area contributed by atoms with Crippen LogP contribution in [0.2, 0.25) is 0 Å². The van der Waals surface area contributed by atoms with E-state index in [1.807, 2.05) is 24.3 Å². The molecule has 172 valence electrons. The summed E-state index contributed by atoms with van der Waals surface area (Å²) in [6.45, 7) is 6.92. The highest BCUT2D eigenvalue weighted by molar-refractivity contribution is 5.97. The molecule has 0 aliphatic rings. The van der Waals surface area contributed by atoms with E-state index in [-0.39, 0.29) is 31.2 Å². The van der Waals surface area contributed by atoms with Crippen LogP contribution in [0.25, 0.3) is 28.1 Å². The second-order valence-electron chi connectivity index (χ2n) is 8.19. The molecular weight excluding hydrogens is 443 g/mol. The zero-order valence-corrected chi connectivity index (χ0v) is 20.4. The molecule has 0 spiro atoms. The van der Waals surface area contributed by atoms with E-state index in [9.17, 15) is 4.79 Å². The van der Waals surface area contributed by atoms with Gasteiger partial charge >= 0.3 is 5.97 Å². The first-order chi connectivity index (χ1) is 14.4. The van der Waals surface area contributed by atoms with Gasteiger partial charge in [-0.25, -0.2) is 0 Å². The standard InChI is InChI=1S/C26H30N2O2.2ClH/c1-17(2)14-24-22(16-27)26(20-11-8-18(3)9-12-20)21-15-19(10-13-23(21)28-24)6-4-5-7-25(29)30;;/h4,6,8-13,15,17H,5,7,14,16,27H2,1-3H3,(H,29,30);2*1H/b6-4-;;. The smallest absolute Gasteiger partial charge is 0.303 e. The lowest BCUT2D eigenvalue weighted by Gasteiger charge is -2.18. The molecule has 3 N–H and O–H groups in total. The molecule has 0 fully saturated rings. The fraction of sp³-hybridized carbons (Fsp3) is 0.308. The number of nitrogens with two attached hydrogens (primary N) is 1. The van der Waals surface area contributed by atoms with Crippen molar-refractivity contribution in [1.82, 2.24) is 4.98 Å². The van der Waals surface area contributed by atoms with Gasteiger partial charge < -0.3 is 10.8 Å². The van der Waals surface area contributed by atoms with Crippen LogP contribution in [0.15, 0.2) is 48.5 Å². The van der Waals surface area contributed by atoms with Crippen molar-refractivity contribution < 1.29 is 9.90 Å². The number of pyridine rings is 1. The van der Waals surface area contributed by atoms with E-state index in [2.05, 4.69) is 51.1 Å². The molecular formula is C26H32Cl2N2O2. The van der Waals surface area contributed by atoms with Crippen LogP contribution in [0.4, 0.5) is 0 Å². The monoisotopic (exact) mass is 474 g/mol. The molecule has 0 atom stereocenters. The molecule has 0 saturated heterocycles. The first-order valence-electron chi connectivity index (χ1n) is 10.5. The van der Waals surface area contributed by atoms with Gasteiger partial charge in [0.2, 0.25) is 0 Å². The Balaban J connectivity index is 0.00000256. The summed E-state index contributed by atoms with van der Waals surface area (Å²) in [5.74, 6) is -0.295. The van der Waals surface area contributed by atoms with Crippen molar-refractivity contribution in [2.45, 2.75) is 46.6 Å². The van der Waals surface area contributed by atoms with Gasteiger partial charge in [-0.2, -0.15) is 0 Å². The zero-order chi connectivity index (χ0) is 21.7. The van der Waals surface area contributed by atoms with E-state index in [4.69, 9.17) is 15.8 Å². The van der Waals surface area contributed by atoms with Crippen molar-refractivity contribution in [2.75, 3.05) is 0 Å². The van der Waals surface area contributed by atoms with E-state index in [1.54, 1.807) is 0 Å². The number of hydrogen-bond acceptors (Lipinski definition) is 3. The van der Waals surface area contributed by atoms with Crippen molar-refractivity contribution in [3.63, 3.8) is 0 Å². The summed E-state index contributed by atoms with van der Waals surface area (Å²) in [5.41, 5.74) is 13.9. The molecule has 0 amide bonds. The van der Waals surface area contributed by atoms with Crippen LogP contribution in [0.5, 0.6) is 0 Å². The predicted molar refractivity (Wildman–Crippen MR) is 139 cm³/mol. The Labute approximate surface area is 202 Å². The van der Waals surface area contributed by atoms with Crippen molar-refractivity contribution in [3.8, 4) is 11.1 Å². The number of aryl methyl sites for hydroxylation is 1.